The lowest BCUT2D eigenvalue weighted by Gasteiger charge is -2.31. The van der Waals surface area contributed by atoms with Crippen LogP contribution < -0.4 is 25.2 Å². The molecule has 1 saturated heterocycles. The van der Waals surface area contributed by atoms with Crippen LogP contribution in [0.25, 0.3) is 10.8 Å². The zero-order valence-corrected chi connectivity index (χ0v) is 28.2. The van der Waals surface area contributed by atoms with Gasteiger partial charge in [0.2, 0.25) is 27.7 Å². The number of carbonyl (C=O) groups is 3. The minimum absolute atomic E-state index is 0.00120. The zero-order valence-electron chi connectivity index (χ0n) is 27.4. The predicted molar refractivity (Wildman–Crippen MR) is 173 cm³/mol. The number of amides is 3. The van der Waals surface area contributed by atoms with Gasteiger partial charge >= 0.3 is 0 Å². The molecule has 7 atom stereocenters. The van der Waals surface area contributed by atoms with E-state index in [1.807, 2.05) is 19.1 Å². The quantitative estimate of drug-likeness (QED) is 0.381. The lowest BCUT2D eigenvalue weighted by molar-refractivity contribution is -0.143. The van der Waals surface area contributed by atoms with Gasteiger partial charge < -0.3 is 30.2 Å². The molecule has 2 aromatic rings. The Labute approximate surface area is 278 Å². The van der Waals surface area contributed by atoms with Gasteiger partial charge in [0.25, 0.3) is 5.91 Å². The third kappa shape index (κ3) is 6.34. The summed E-state index contributed by atoms with van der Waals surface area (Å²) in [5, 5.41) is 3.81. The maximum atomic E-state index is 14.7. The Hall–Kier alpha value is -3.82. The standard InChI is InChI=1S/C33H42FN5O8S/c1-18-7-5-6-8-21-16-33(21,31(42)38-48(43,44)32(3)10-11-32)37-28(40)25-14-22(17-39(25)30(41)27(35)19(2)46-18)47-29-23-15-24(34)26(45-4)13-20(23)9-12-36-29/h6,8-9,12-13,15,18-19,21-22,25,27H,5,7,10-11,14,16-17,35H2,1-4H3,(H,37,40)(H,38,42)/t18-,19+,21-,22-,25+,27+,33-/m1/s1. The van der Waals surface area contributed by atoms with Crippen molar-refractivity contribution < 1.29 is 41.4 Å². The molecule has 15 heteroatoms. The normalized spacial score (nSPS) is 31.9. The fraction of sp³-hybridized carbons (Fsp3) is 0.576. The van der Waals surface area contributed by atoms with Gasteiger partial charge in [-0.25, -0.2) is 17.8 Å². The number of allylic oxidation sites excluding steroid dienone is 1. The first-order chi connectivity index (χ1) is 22.7. The summed E-state index contributed by atoms with van der Waals surface area (Å²) in [6.45, 7) is 5.09. The molecule has 2 saturated carbocycles. The number of sulfonamides is 1. The first-order valence-corrected chi connectivity index (χ1v) is 17.7. The summed E-state index contributed by atoms with van der Waals surface area (Å²) < 4.78 is 59.3. The van der Waals surface area contributed by atoms with Crippen molar-refractivity contribution in [1.82, 2.24) is 19.9 Å². The lowest BCUT2D eigenvalue weighted by atomic mass is 10.1. The first kappa shape index (κ1) is 34.1. The molecule has 4 N–H and O–H groups in total. The van der Waals surface area contributed by atoms with E-state index in [4.69, 9.17) is 19.9 Å². The van der Waals surface area contributed by atoms with Crippen molar-refractivity contribution in [3.63, 3.8) is 0 Å². The molecule has 0 radical (unpaired) electrons. The smallest absolute Gasteiger partial charge is 0.259 e. The molecule has 6 rings (SSSR count). The Balaban J connectivity index is 1.31. The third-order valence-corrected chi connectivity index (χ3v) is 12.2. The summed E-state index contributed by atoms with van der Waals surface area (Å²) in [5.41, 5.74) is 4.89. The molecule has 3 fully saturated rings. The van der Waals surface area contributed by atoms with Gasteiger partial charge in [-0.15, -0.1) is 0 Å². The van der Waals surface area contributed by atoms with E-state index in [-0.39, 0.29) is 37.1 Å². The summed E-state index contributed by atoms with van der Waals surface area (Å²) in [5.74, 6) is -2.93. The Morgan fingerprint density at radius 3 is 2.71 bits per heavy atom. The Bertz CT molecular complexity index is 1770. The molecular formula is C33H42FN5O8S. The van der Waals surface area contributed by atoms with Crippen molar-refractivity contribution in [3.8, 4) is 11.6 Å². The van der Waals surface area contributed by atoms with Crippen molar-refractivity contribution in [3.05, 3.63) is 42.4 Å². The van der Waals surface area contributed by atoms with E-state index in [9.17, 15) is 27.2 Å². The number of carbonyl (C=O) groups excluding carboxylic acids is 3. The molecule has 3 amide bonds. The largest absolute Gasteiger partial charge is 0.494 e. The van der Waals surface area contributed by atoms with Crippen LogP contribution in [0.1, 0.15) is 59.3 Å². The SMILES string of the molecule is COc1cc2ccnc(O[C@@H]3C[C@H]4C(=O)N[C@]5(C(=O)NS(=O)(=O)C6(C)CC6)C[C@H]5C=CCC[C@@H](C)O[C@@H](C)[C@H](N)C(=O)N4C3)c2cc1F. The third-order valence-electron chi connectivity index (χ3n) is 10.1. The minimum Gasteiger partial charge on any atom is -0.494 e. The topological polar surface area (TPSA) is 179 Å². The van der Waals surface area contributed by atoms with Gasteiger partial charge in [-0.3, -0.25) is 19.1 Å². The number of rotatable bonds is 6. The van der Waals surface area contributed by atoms with Crippen LogP contribution in [0, 0.1) is 11.7 Å². The maximum absolute atomic E-state index is 14.7. The van der Waals surface area contributed by atoms with E-state index >= 15 is 0 Å². The number of pyridine rings is 1. The van der Waals surface area contributed by atoms with Gasteiger partial charge in [0.15, 0.2) is 11.6 Å². The van der Waals surface area contributed by atoms with Crippen LogP contribution in [-0.4, -0.2) is 90.4 Å². The minimum atomic E-state index is -3.98. The molecule has 1 aromatic carbocycles. The molecule has 13 nitrogen and oxygen atoms in total. The van der Waals surface area contributed by atoms with E-state index < -0.39 is 74.1 Å². The summed E-state index contributed by atoms with van der Waals surface area (Å²) in [4.78, 5) is 47.3. The molecule has 1 aromatic heterocycles. The number of hydrogen-bond acceptors (Lipinski definition) is 10. The van der Waals surface area contributed by atoms with Gasteiger partial charge in [-0.1, -0.05) is 12.2 Å². The fourth-order valence-corrected chi connectivity index (χ4v) is 7.81. The predicted octanol–water partition coefficient (Wildman–Crippen LogP) is 2.08. The monoisotopic (exact) mass is 687 g/mol. The van der Waals surface area contributed by atoms with Gasteiger partial charge in [0.1, 0.15) is 23.7 Å². The fourth-order valence-electron chi connectivity index (χ4n) is 6.50. The summed E-state index contributed by atoms with van der Waals surface area (Å²) in [7, 11) is -2.62. The van der Waals surface area contributed by atoms with Crippen LogP contribution in [0.2, 0.25) is 0 Å². The molecule has 0 spiro atoms. The number of halogens is 1. The average Bonchev–Trinajstić information content (AvgIpc) is 3.92. The number of aromatic nitrogens is 1. The summed E-state index contributed by atoms with van der Waals surface area (Å²) in [6, 6.07) is 2.20. The van der Waals surface area contributed by atoms with Gasteiger partial charge in [-0.2, -0.15) is 0 Å². The second-order valence-electron chi connectivity index (χ2n) is 13.6. The molecule has 4 aliphatic rings. The highest BCUT2D eigenvalue weighted by Crippen LogP contribution is 2.47. The highest BCUT2D eigenvalue weighted by Gasteiger charge is 2.63. The first-order valence-electron chi connectivity index (χ1n) is 16.2. The number of benzene rings is 1. The number of fused-ring (bicyclic) bond motifs is 3. The molecule has 0 bridgehead atoms. The highest BCUT2D eigenvalue weighted by molar-refractivity contribution is 7.91. The number of hydrogen-bond donors (Lipinski definition) is 3. The van der Waals surface area contributed by atoms with E-state index in [1.54, 1.807) is 19.9 Å². The molecular weight excluding hydrogens is 645 g/mol. The number of methoxy groups -OCH3 is 1. The van der Waals surface area contributed by atoms with E-state index in [0.717, 1.165) is 0 Å². The maximum Gasteiger partial charge on any atom is 0.259 e. The number of nitrogens with one attached hydrogen (secondary N) is 2. The van der Waals surface area contributed by atoms with Crippen LogP contribution in [-0.2, 0) is 29.1 Å². The Morgan fingerprint density at radius 1 is 1.25 bits per heavy atom. The van der Waals surface area contributed by atoms with Crippen LogP contribution >= 0.6 is 0 Å². The zero-order chi connectivity index (χ0) is 34.6. The van der Waals surface area contributed by atoms with Gasteiger partial charge in [0, 0.05) is 23.9 Å². The average molecular weight is 688 g/mol. The van der Waals surface area contributed by atoms with Crippen molar-refractivity contribution >= 4 is 38.5 Å². The second kappa shape index (κ2) is 12.6. The molecule has 260 valence electrons. The highest BCUT2D eigenvalue weighted by atomic mass is 32.2. The Morgan fingerprint density at radius 2 is 2.00 bits per heavy atom. The van der Waals surface area contributed by atoms with Crippen LogP contribution in [0.3, 0.4) is 0 Å². The summed E-state index contributed by atoms with van der Waals surface area (Å²) >= 11 is 0. The van der Waals surface area contributed by atoms with Crippen LogP contribution in [0.5, 0.6) is 11.6 Å². The molecule has 0 unspecified atom stereocenters. The number of ether oxygens (including phenoxy) is 3. The molecule has 2 aliphatic heterocycles. The Kier molecular flexibility index (Phi) is 8.92. The van der Waals surface area contributed by atoms with Crippen molar-refractivity contribution in [2.45, 2.75) is 100.0 Å². The molecule has 3 heterocycles. The molecule has 2 aliphatic carbocycles. The van der Waals surface area contributed by atoms with E-state index in [1.165, 1.54) is 30.3 Å². The van der Waals surface area contributed by atoms with Gasteiger partial charge in [-0.05, 0) is 76.5 Å². The second-order valence-corrected chi connectivity index (χ2v) is 15.8. The van der Waals surface area contributed by atoms with Crippen molar-refractivity contribution in [1.29, 1.82) is 0 Å². The lowest BCUT2D eigenvalue weighted by Crippen LogP contribution is -2.59. The number of nitrogens with zero attached hydrogens (tertiary/aromatic N) is 2. The van der Waals surface area contributed by atoms with Gasteiger partial charge in [0.05, 0.1) is 30.6 Å². The van der Waals surface area contributed by atoms with E-state index in [0.29, 0.717) is 36.5 Å². The summed E-state index contributed by atoms with van der Waals surface area (Å²) in [6.07, 6.45) is 5.78. The van der Waals surface area contributed by atoms with Crippen LogP contribution in [0.4, 0.5) is 4.39 Å². The van der Waals surface area contributed by atoms with Crippen LogP contribution in [0.15, 0.2) is 36.5 Å². The van der Waals surface area contributed by atoms with E-state index in [2.05, 4.69) is 15.0 Å². The number of nitrogens with two attached hydrogens (primary N) is 1. The molecule has 48 heavy (non-hydrogen) atoms. The van der Waals surface area contributed by atoms with Crippen molar-refractivity contribution in [2.24, 2.45) is 11.7 Å². The van der Waals surface area contributed by atoms with Crippen molar-refractivity contribution in [2.75, 3.05) is 13.7 Å².